The Morgan fingerprint density at radius 2 is 0.624 bits per heavy atom. The zero-order valence-electron chi connectivity index (χ0n) is 46.3. The number of hydrogen-bond donors (Lipinski definition) is 13. The molecule has 14 rings (SSSR count). The van der Waals surface area contributed by atoms with Crippen molar-refractivity contribution in [3.8, 4) is 0 Å². The number of amides is 8. The fourth-order valence-corrected chi connectivity index (χ4v) is 10.7. The number of carbonyl (C=O) groups excluding carboxylic acids is 8. The highest BCUT2D eigenvalue weighted by Crippen LogP contribution is 2.14. The number of hydrogen-bond acceptors (Lipinski definition) is 21. The fraction of sp³-hybridized carbons (Fsp3) is 0.462. The van der Waals surface area contributed by atoms with Crippen molar-refractivity contribution in [3.63, 3.8) is 0 Å². The number of pyridine rings is 4. The molecular weight excluding hydrogens is 1180 g/mol. The predicted octanol–water partition coefficient (Wildman–Crippen LogP) is -0.555. The van der Waals surface area contributed by atoms with Crippen molar-refractivity contribution >= 4 is 96.1 Å². The van der Waals surface area contributed by atoms with Crippen LogP contribution in [0.3, 0.4) is 0 Å². The van der Waals surface area contributed by atoms with E-state index in [-0.39, 0.29) is 188 Å². The normalized spacial score (nSPS) is 21.7. The Balaban J connectivity index is 1.34. The molecule has 3 atom stereocenters. The number of carbonyl (C=O) groups is 8. The molecule has 4 aromatic heterocycles. The molecule has 458 valence electrons. The summed E-state index contributed by atoms with van der Waals surface area (Å²) in [6.45, 7) is 2.10. The lowest BCUT2D eigenvalue weighted by Crippen LogP contribution is -2.49. The van der Waals surface area contributed by atoms with E-state index in [0.29, 0.717) is 44.7 Å². The molecule has 14 heterocycles. The molecule has 10 aliphatic heterocycles. The second kappa shape index (κ2) is 30.9. The quantitative estimate of drug-likeness (QED) is 0.0692. The van der Waals surface area contributed by atoms with Crippen LogP contribution in [0.5, 0.6) is 0 Å². The first kappa shape index (κ1) is 64.8. The molecule has 0 fully saturated rings. The third-order valence-electron chi connectivity index (χ3n) is 14.4. The van der Waals surface area contributed by atoms with Gasteiger partial charge in [0, 0.05) is 130 Å². The third kappa shape index (κ3) is 17.0. The largest absolute Gasteiger partial charge is 0.427 e. The first-order valence-corrected chi connectivity index (χ1v) is 29.1. The van der Waals surface area contributed by atoms with Crippen molar-refractivity contribution in [2.75, 3.05) is 131 Å². The summed E-state index contributed by atoms with van der Waals surface area (Å²) in [6.07, 6.45) is 1.57. The monoisotopic (exact) mass is 1250 g/mol. The van der Waals surface area contributed by atoms with Gasteiger partial charge in [0.15, 0.2) is 18.6 Å². The van der Waals surface area contributed by atoms with Crippen molar-refractivity contribution in [3.05, 3.63) is 112 Å². The highest BCUT2D eigenvalue weighted by atomic mass is 32.1. The molecule has 85 heavy (non-hydrogen) atoms. The lowest BCUT2D eigenvalue weighted by atomic mass is 10.1. The molecule has 0 saturated heterocycles. The Labute approximate surface area is 507 Å². The second-order valence-corrected chi connectivity index (χ2v) is 21.6. The summed E-state index contributed by atoms with van der Waals surface area (Å²) < 4.78 is 0.437. The minimum Gasteiger partial charge on any atom is -0.427 e. The maximum Gasteiger partial charge on any atom is 0.271 e. The van der Waals surface area contributed by atoms with Gasteiger partial charge in [-0.15, -0.1) is 0 Å². The van der Waals surface area contributed by atoms with Crippen LogP contribution in [0.25, 0.3) is 0 Å². The Morgan fingerprint density at radius 3 is 0.918 bits per heavy atom. The number of nitrogens with zero attached hydrogens (tertiary/aromatic N) is 8. The Morgan fingerprint density at radius 1 is 0.365 bits per heavy atom. The lowest BCUT2D eigenvalue weighted by Gasteiger charge is -2.31. The number of fused-ring (bicyclic) bond motifs is 2. The van der Waals surface area contributed by atoms with Crippen molar-refractivity contribution in [1.29, 1.82) is 0 Å². The van der Waals surface area contributed by atoms with Gasteiger partial charge in [-0.3, -0.25) is 58.0 Å². The van der Waals surface area contributed by atoms with Gasteiger partial charge >= 0.3 is 0 Å². The molecule has 8 amide bonds. The van der Waals surface area contributed by atoms with Crippen molar-refractivity contribution < 1.29 is 59.2 Å². The molecule has 29 nitrogen and oxygen atoms in total. The molecule has 14 N–H and O–H groups in total. The van der Waals surface area contributed by atoms with Crippen molar-refractivity contribution in [1.82, 2.24) is 81.1 Å². The predicted molar refractivity (Wildman–Crippen MR) is 316 cm³/mol. The summed E-state index contributed by atoms with van der Waals surface area (Å²) in [5.41, 5.74) is 4.41. The SMILES string of the molecule is NCCCC[C@H]1CN2CCNC(=O)c3ccc(n(O)c3=S)C(=O)NCCN(CCNC(=O)c3ccc(c(=S)n3O)C(=O)N1)CCN1CCNC(=O)c3ccc(c(=S)n3O)C(=O)NCCN(CCNC(=O)c3ccc(n(O)c3=S)C(=O)NCC1)CC2. The van der Waals surface area contributed by atoms with E-state index in [1.54, 1.807) is 0 Å². The first-order chi connectivity index (χ1) is 40.8. The minimum absolute atomic E-state index is 0.00884. The van der Waals surface area contributed by atoms with E-state index in [2.05, 4.69) is 42.5 Å². The molecule has 0 radical (unpaired) electrons. The van der Waals surface area contributed by atoms with E-state index in [9.17, 15) is 59.2 Å². The maximum absolute atomic E-state index is 14.2. The van der Waals surface area contributed by atoms with Crippen LogP contribution in [0.1, 0.15) is 103 Å². The Hall–Kier alpha value is -7.76. The summed E-state index contributed by atoms with van der Waals surface area (Å²) >= 11 is 22.0. The minimum atomic E-state index is -0.735. The molecule has 0 aliphatic carbocycles. The molecule has 4 aromatic rings. The topological polar surface area (TPSA) is 372 Å². The summed E-state index contributed by atoms with van der Waals surface area (Å²) in [7, 11) is 0. The van der Waals surface area contributed by atoms with E-state index in [1.807, 2.05) is 19.6 Å². The van der Waals surface area contributed by atoms with Gasteiger partial charge in [-0.05, 0) is 67.9 Å². The van der Waals surface area contributed by atoms with Gasteiger partial charge in [-0.2, -0.15) is 18.9 Å². The Kier molecular flexibility index (Phi) is 23.5. The molecule has 0 saturated carbocycles. The molecule has 10 aliphatic rings. The first-order valence-electron chi connectivity index (χ1n) is 27.5. The molecule has 2 unspecified atom stereocenters. The van der Waals surface area contributed by atoms with Gasteiger partial charge in [0.25, 0.3) is 47.3 Å². The zero-order valence-corrected chi connectivity index (χ0v) is 49.6. The Bertz CT molecular complexity index is 3330. The fourth-order valence-electron chi connectivity index (χ4n) is 9.62. The smallest absolute Gasteiger partial charge is 0.271 e. The summed E-state index contributed by atoms with van der Waals surface area (Å²) in [5.74, 6) is -5.56. The molecule has 12 bridgehead atoms. The van der Waals surface area contributed by atoms with Crippen LogP contribution in [0.2, 0.25) is 0 Å². The second-order valence-electron chi connectivity index (χ2n) is 20.1. The summed E-state index contributed by atoms with van der Waals surface area (Å²) in [5, 5.41) is 67.3. The van der Waals surface area contributed by atoms with E-state index in [4.69, 9.17) is 54.6 Å². The van der Waals surface area contributed by atoms with Crippen molar-refractivity contribution in [2.45, 2.75) is 25.3 Å². The third-order valence-corrected chi connectivity index (χ3v) is 16.0. The maximum atomic E-state index is 14.2. The molecular formula is C52H69N17O12S4. The van der Waals surface area contributed by atoms with Crippen LogP contribution in [-0.2, 0) is 0 Å². The average molecular weight is 1250 g/mol. The van der Waals surface area contributed by atoms with Gasteiger partial charge in [0.05, 0.1) is 22.3 Å². The highest BCUT2D eigenvalue weighted by molar-refractivity contribution is 7.72. The van der Waals surface area contributed by atoms with Crippen LogP contribution in [0, 0.1) is 18.6 Å². The van der Waals surface area contributed by atoms with Crippen LogP contribution in [0.4, 0.5) is 0 Å². The summed E-state index contributed by atoms with van der Waals surface area (Å²) in [6, 6.07) is 9.71. The molecule has 0 spiro atoms. The van der Waals surface area contributed by atoms with Crippen LogP contribution in [-0.4, -0.2) is 244 Å². The van der Waals surface area contributed by atoms with Gasteiger partial charge in [-0.1, -0.05) is 55.3 Å². The molecule has 0 aromatic carbocycles. The number of nitrogens with two attached hydrogens (primary N) is 1. The van der Waals surface area contributed by atoms with Crippen LogP contribution in [0.15, 0.2) is 48.5 Å². The number of nitrogens with one attached hydrogen (secondary N) is 8. The highest BCUT2D eigenvalue weighted by Gasteiger charge is 2.26. The number of unbranched alkanes of at least 4 members (excludes halogenated alkanes) is 1. The van der Waals surface area contributed by atoms with E-state index in [0.717, 1.165) is 0 Å². The van der Waals surface area contributed by atoms with Crippen LogP contribution < -0.4 is 48.3 Å². The summed E-state index contributed by atoms with van der Waals surface area (Å²) in [4.78, 5) is 118. The van der Waals surface area contributed by atoms with Gasteiger partial charge in [0.1, 0.15) is 22.8 Å². The standard InChI is InChI=1S/C52H69N17O12S4/c53-12-2-1-3-32-31-65-26-19-56-43(72)35-6-10-39(68(80)51(35)84)47(76)59-17-24-63(25-18-60-48(77)40-11-7-36(44(73)61-32)52(85)69(40)81)28-27-62-22-15-57-45(74)37-8-4-33(49(82)66(37)78)41(70)54-13-20-64(29-30-65)21-14-55-42(71)34-5-9-38(67(79)50(34)83)46(75)58-16-23-62/h4-11,32,78-81H,1-3,12-31,53H2,(H,54,70)(H,55,71)(H,56,72)(H,57,74)(H,58,75)(H,59,76)(H,60,77)(H,61,73)/t32-/m0/s1. The zero-order chi connectivity index (χ0) is 61.3. The van der Waals surface area contributed by atoms with Gasteiger partial charge in [0.2, 0.25) is 0 Å². The molecule has 33 heteroatoms. The van der Waals surface area contributed by atoms with Crippen molar-refractivity contribution in [2.24, 2.45) is 5.73 Å². The van der Waals surface area contributed by atoms with E-state index >= 15 is 0 Å². The number of aromatic nitrogens is 4. The van der Waals surface area contributed by atoms with E-state index < -0.39 is 53.3 Å². The van der Waals surface area contributed by atoms with E-state index in [1.165, 1.54) is 48.5 Å². The lowest BCUT2D eigenvalue weighted by molar-refractivity contribution is 0.0855. The van der Waals surface area contributed by atoms with Gasteiger partial charge < -0.3 is 69.1 Å². The average Bonchev–Trinajstić information content (AvgIpc) is 3.44. The number of rotatable bonds is 4. The van der Waals surface area contributed by atoms with Gasteiger partial charge in [-0.25, -0.2) is 0 Å². The van der Waals surface area contributed by atoms with Crippen LogP contribution >= 0.6 is 48.9 Å².